The van der Waals surface area contributed by atoms with Crippen molar-refractivity contribution < 1.29 is 14.7 Å². The van der Waals surface area contributed by atoms with Crippen LogP contribution in [0.1, 0.15) is 26.7 Å². The first-order valence-electron chi connectivity index (χ1n) is 5.63. The number of thioether (sulfide) groups is 1. The van der Waals surface area contributed by atoms with E-state index < -0.39 is 12.0 Å². The third-order valence-corrected chi connectivity index (χ3v) is 3.98. The van der Waals surface area contributed by atoms with Crippen LogP contribution in [-0.2, 0) is 9.59 Å². The third kappa shape index (κ3) is 3.70. The lowest BCUT2D eigenvalue weighted by molar-refractivity contribution is -0.143. The van der Waals surface area contributed by atoms with Gasteiger partial charge in [0.25, 0.3) is 0 Å². The number of nitrogens with one attached hydrogen (secondary N) is 1. The Bertz CT molecular complexity index is 262. The number of hydrogen-bond donors (Lipinski definition) is 2. The van der Waals surface area contributed by atoms with Gasteiger partial charge in [-0.15, -0.1) is 0 Å². The molecule has 0 spiro atoms. The first-order chi connectivity index (χ1) is 7.52. The quantitative estimate of drug-likeness (QED) is 0.784. The van der Waals surface area contributed by atoms with Crippen LogP contribution in [0.3, 0.4) is 0 Å². The number of aliphatic carboxylic acids is 1. The van der Waals surface area contributed by atoms with Gasteiger partial charge in [0.05, 0.1) is 0 Å². The summed E-state index contributed by atoms with van der Waals surface area (Å²) in [5, 5.41) is 11.6. The molecule has 0 aromatic carbocycles. The first kappa shape index (κ1) is 13.4. The lowest BCUT2D eigenvalue weighted by atomic mass is 10.0. The summed E-state index contributed by atoms with van der Waals surface area (Å²) >= 11 is 1.77. The average Bonchev–Trinajstić information content (AvgIpc) is 2.25. The van der Waals surface area contributed by atoms with Crippen LogP contribution >= 0.6 is 11.8 Å². The Kier molecular flexibility index (Phi) is 5.12. The summed E-state index contributed by atoms with van der Waals surface area (Å²) in [7, 11) is 0. The Balaban J connectivity index is 2.50. The van der Waals surface area contributed by atoms with E-state index in [1.54, 1.807) is 25.6 Å². The van der Waals surface area contributed by atoms with Crippen LogP contribution in [0.15, 0.2) is 0 Å². The zero-order chi connectivity index (χ0) is 12.1. The van der Waals surface area contributed by atoms with E-state index in [2.05, 4.69) is 5.32 Å². The molecule has 1 saturated heterocycles. The highest BCUT2D eigenvalue weighted by Gasteiger charge is 2.28. The van der Waals surface area contributed by atoms with Gasteiger partial charge < -0.3 is 10.4 Å². The molecule has 0 saturated carbocycles. The van der Waals surface area contributed by atoms with Gasteiger partial charge in [-0.1, -0.05) is 13.8 Å². The second-order valence-corrected chi connectivity index (χ2v) is 5.63. The van der Waals surface area contributed by atoms with Crippen LogP contribution in [0.25, 0.3) is 0 Å². The highest BCUT2D eigenvalue weighted by molar-refractivity contribution is 7.99. The summed E-state index contributed by atoms with van der Waals surface area (Å²) in [6.45, 7) is 3.60. The van der Waals surface area contributed by atoms with Crippen molar-refractivity contribution in [2.45, 2.75) is 32.7 Å². The van der Waals surface area contributed by atoms with Crippen LogP contribution in [-0.4, -0.2) is 34.5 Å². The summed E-state index contributed by atoms with van der Waals surface area (Å²) in [6.07, 6.45) is 1.92. The molecule has 5 heteroatoms. The minimum absolute atomic E-state index is 0.0145. The van der Waals surface area contributed by atoms with Crippen molar-refractivity contribution in [2.24, 2.45) is 11.8 Å². The molecule has 0 bridgehead atoms. The largest absolute Gasteiger partial charge is 0.480 e. The molecule has 1 fully saturated rings. The van der Waals surface area contributed by atoms with Crippen molar-refractivity contribution in [1.29, 1.82) is 0 Å². The highest BCUT2D eigenvalue weighted by atomic mass is 32.2. The summed E-state index contributed by atoms with van der Waals surface area (Å²) in [5.41, 5.74) is 0. The van der Waals surface area contributed by atoms with E-state index in [1.165, 1.54) is 0 Å². The maximum absolute atomic E-state index is 11.8. The molecule has 0 radical (unpaired) electrons. The molecular weight excluding hydrogens is 226 g/mol. The number of rotatable bonds is 4. The summed E-state index contributed by atoms with van der Waals surface area (Å²) < 4.78 is 0. The van der Waals surface area contributed by atoms with E-state index in [1.807, 2.05) is 0 Å². The van der Waals surface area contributed by atoms with Gasteiger partial charge in [-0.25, -0.2) is 4.79 Å². The standard InChI is InChI=1S/C11H19NO3S/c1-7(2)9(11(14)15)12-10(13)8-4-3-5-16-6-8/h7-9H,3-6H2,1-2H3,(H,12,13)(H,14,15)/t8?,9-/m0/s1. The Hall–Kier alpha value is -0.710. The number of amides is 1. The van der Waals surface area contributed by atoms with Gasteiger partial charge in [-0.2, -0.15) is 11.8 Å². The van der Waals surface area contributed by atoms with Crippen molar-refractivity contribution in [3.05, 3.63) is 0 Å². The Morgan fingerprint density at radius 3 is 2.56 bits per heavy atom. The number of hydrogen-bond acceptors (Lipinski definition) is 3. The predicted molar refractivity (Wildman–Crippen MR) is 64.5 cm³/mol. The Morgan fingerprint density at radius 1 is 1.44 bits per heavy atom. The van der Waals surface area contributed by atoms with Gasteiger partial charge in [0.1, 0.15) is 6.04 Å². The van der Waals surface area contributed by atoms with Crippen molar-refractivity contribution in [3.8, 4) is 0 Å². The number of carboxylic acid groups (broad SMARTS) is 1. The van der Waals surface area contributed by atoms with Crippen LogP contribution in [0.2, 0.25) is 0 Å². The van der Waals surface area contributed by atoms with Gasteiger partial charge in [-0.05, 0) is 24.5 Å². The van der Waals surface area contributed by atoms with E-state index in [0.717, 1.165) is 24.3 Å². The van der Waals surface area contributed by atoms with Crippen molar-refractivity contribution in [3.63, 3.8) is 0 Å². The molecule has 0 aliphatic carbocycles. The molecule has 4 nitrogen and oxygen atoms in total. The van der Waals surface area contributed by atoms with Crippen LogP contribution < -0.4 is 5.32 Å². The van der Waals surface area contributed by atoms with Crippen molar-refractivity contribution in [2.75, 3.05) is 11.5 Å². The van der Waals surface area contributed by atoms with E-state index in [4.69, 9.17) is 5.11 Å². The third-order valence-electron chi connectivity index (χ3n) is 2.76. The maximum atomic E-state index is 11.8. The summed E-state index contributed by atoms with van der Waals surface area (Å²) in [6, 6.07) is -0.764. The number of carboxylic acids is 1. The monoisotopic (exact) mass is 245 g/mol. The zero-order valence-electron chi connectivity index (χ0n) is 9.73. The topological polar surface area (TPSA) is 66.4 Å². The second-order valence-electron chi connectivity index (χ2n) is 4.48. The fraction of sp³-hybridized carbons (Fsp3) is 0.818. The van der Waals surface area contributed by atoms with Gasteiger partial charge in [0, 0.05) is 11.7 Å². The summed E-state index contributed by atoms with van der Waals surface area (Å²) in [4.78, 5) is 22.8. The molecule has 92 valence electrons. The van der Waals surface area contributed by atoms with E-state index in [-0.39, 0.29) is 17.7 Å². The molecule has 16 heavy (non-hydrogen) atoms. The van der Waals surface area contributed by atoms with Gasteiger partial charge in [-0.3, -0.25) is 4.79 Å². The molecule has 1 heterocycles. The molecule has 2 atom stereocenters. The number of carbonyl (C=O) groups excluding carboxylic acids is 1. The second kappa shape index (κ2) is 6.13. The fourth-order valence-corrected chi connectivity index (χ4v) is 2.87. The summed E-state index contributed by atoms with van der Waals surface area (Å²) in [5.74, 6) is 0.768. The molecule has 2 N–H and O–H groups in total. The molecule has 0 aromatic rings. The van der Waals surface area contributed by atoms with Gasteiger partial charge in [0.15, 0.2) is 0 Å². The predicted octanol–water partition coefficient (Wildman–Crippen LogP) is 1.35. The normalized spacial score (nSPS) is 22.8. The molecule has 1 rings (SSSR count). The van der Waals surface area contributed by atoms with E-state index in [0.29, 0.717) is 0 Å². The molecule has 1 aliphatic heterocycles. The van der Waals surface area contributed by atoms with Crippen LogP contribution in [0.5, 0.6) is 0 Å². The van der Waals surface area contributed by atoms with Crippen LogP contribution in [0.4, 0.5) is 0 Å². The lowest BCUT2D eigenvalue weighted by Gasteiger charge is -2.24. The lowest BCUT2D eigenvalue weighted by Crippen LogP contribution is -2.47. The molecule has 1 unspecified atom stereocenters. The Labute approximate surface area is 100 Å². The molecule has 1 amide bonds. The first-order valence-corrected chi connectivity index (χ1v) is 6.78. The Morgan fingerprint density at radius 2 is 2.12 bits per heavy atom. The van der Waals surface area contributed by atoms with Crippen molar-refractivity contribution in [1.82, 2.24) is 5.32 Å². The van der Waals surface area contributed by atoms with Crippen LogP contribution in [0, 0.1) is 11.8 Å². The van der Waals surface area contributed by atoms with E-state index >= 15 is 0 Å². The van der Waals surface area contributed by atoms with Gasteiger partial charge >= 0.3 is 5.97 Å². The fourth-order valence-electron chi connectivity index (χ4n) is 1.73. The smallest absolute Gasteiger partial charge is 0.326 e. The molecule has 1 aliphatic rings. The minimum Gasteiger partial charge on any atom is -0.480 e. The zero-order valence-corrected chi connectivity index (χ0v) is 10.5. The number of carbonyl (C=O) groups is 2. The minimum atomic E-state index is -0.952. The molecule has 0 aromatic heterocycles. The average molecular weight is 245 g/mol. The SMILES string of the molecule is CC(C)[C@H](NC(=O)C1CCCSC1)C(=O)O. The van der Waals surface area contributed by atoms with Crippen molar-refractivity contribution >= 4 is 23.6 Å². The maximum Gasteiger partial charge on any atom is 0.326 e. The van der Waals surface area contributed by atoms with Gasteiger partial charge in [0.2, 0.25) is 5.91 Å². The highest BCUT2D eigenvalue weighted by Crippen LogP contribution is 2.22. The molecular formula is C11H19NO3S. The van der Waals surface area contributed by atoms with E-state index in [9.17, 15) is 9.59 Å².